The molecule has 2 aromatic carbocycles. The fourth-order valence-electron chi connectivity index (χ4n) is 3.09. The van der Waals surface area contributed by atoms with Crippen molar-refractivity contribution < 1.29 is 12.8 Å². The lowest BCUT2D eigenvalue weighted by molar-refractivity contribution is 0.556. The lowest BCUT2D eigenvalue weighted by Gasteiger charge is -2.24. The van der Waals surface area contributed by atoms with Crippen LogP contribution in [0.5, 0.6) is 0 Å². The topological polar surface area (TPSA) is 60.2 Å². The van der Waals surface area contributed by atoms with Crippen molar-refractivity contribution in [1.29, 1.82) is 0 Å². The molecule has 0 aromatic heterocycles. The van der Waals surface area contributed by atoms with Crippen molar-refractivity contribution in [3.05, 3.63) is 59.4 Å². The quantitative estimate of drug-likeness (QED) is 0.946. The lowest BCUT2D eigenvalue weighted by Crippen LogP contribution is -2.18. The molecule has 2 N–H and O–H groups in total. The second kappa shape index (κ2) is 5.82. The molecular weight excluding hydrogens is 301 g/mol. The van der Waals surface area contributed by atoms with Crippen LogP contribution in [0.2, 0.25) is 0 Å². The Morgan fingerprint density at radius 3 is 2.68 bits per heavy atom. The zero-order valence-corrected chi connectivity index (χ0v) is 12.9. The molecule has 0 saturated carbocycles. The molecule has 0 aliphatic heterocycles. The Morgan fingerprint density at radius 2 is 1.95 bits per heavy atom. The highest BCUT2D eigenvalue weighted by Gasteiger charge is 2.25. The first-order valence-corrected chi connectivity index (χ1v) is 8.85. The zero-order valence-electron chi connectivity index (χ0n) is 12.1. The van der Waals surface area contributed by atoms with Gasteiger partial charge in [-0.25, -0.2) is 12.8 Å². The highest BCUT2D eigenvalue weighted by Crippen LogP contribution is 2.33. The van der Waals surface area contributed by atoms with Gasteiger partial charge in [-0.15, -0.1) is 0 Å². The van der Waals surface area contributed by atoms with Gasteiger partial charge >= 0.3 is 0 Å². The molecule has 1 unspecified atom stereocenters. The summed E-state index contributed by atoms with van der Waals surface area (Å²) >= 11 is 0. The van der Waals surface area contributed by atoms with Gasteiger partial charge in [0.1, 0.15) is 10.7 Å². The molecule has 3 rings (SSSR count). The van der Waals surface area contributed by atoms with Gasteiger partial charge in [-0.05, 0) is 67.1 Å². The van der Waals surface area contributed by atoms with Crippen LogP contribution in [0.15, 0.2) is 52.3 Å². The number of halogens is 1. The number of benzene rings is 2. The summed E-state index contributed by atoms with van der Waals surface area (Å²) in [5.74, 6) is -0.436. The van der Waals surface area contributed by atoms with Gasteiger partial charge in [0.2, 0.25) is 9.84 Å². The van der Waals surface area contributed by atoms with Crippen molar-refractivity contribution in [3.63, 3.8) is 0 Å². The number of hydrogen-bond acceptors (Lipinski definition) is 3. The van der Waals surface area contributed by atoms with Gasteiger partial charge in [-0.2, -0.15) is 0 Å². The van der Waals surface area contributed by atoms with Gasteiger partial charge in [0.25, 0.3) is 0 Å². The van der Waals surface area contributed by atoms with E-state index in [0.29, 0.717) is 6.54 Å². The van der Waals surface area contributed by atoms with Crippen LogP contribution in [0.4, 0.5) is 4.39 Å². The van der Waals surface area contributed by atoms with Crippen LogP contribution in [0, 0.1) is 5.82 Å². The fraction of sp³-hybridized carbons (Fsp3) is 0.294. The second-order valence-corrected chi connectivity index (χ2v) is 7.54. The number of rotatable bonds is 3. The summed E-state index contributed by atoms with van der Waals surface area (Å²) in [5, 5.41) is 0. The van der Waals surface area contributed by atoms with Crippen LogP contribution >= 0.6 is 0 Å². The molecule has 1 aliphatic rings. The van der Waals surface area contributed by atoms with Crippen molar-refractivity contribution in [2.75, 3.05) is 6.54 Å². The van der Waals surface area contributed by atoms with Gasteiger partial charge in [0.05, 0.1) is 4.90 Å². The molecule has 0 saturated heterocycles. The van der Waals surface area contributed by atoms with E-state index in [1.165, 1.54) is 18.2 Å². The molecule has 116 valence electrons. The summed E-state index contributed by atoms with van der Waals surface area (Å²) in [7, 11) is -3.83. The normalized spacial score (nSPS) is 18.0. The van der Waals surface area contributed by atoms with E-state index in [9.17, 15) is 12.8 Å². The third kappa shape index (κ3) is 2.55. The number of aryl methyl sites for hydroxylation is 1. The monoisotopic (exact) mass is 319 g/mol. The average Bonchev–Trinajstić information content (AvgIpc) is 2.54. The SMILES string of the molecule is NCC1CCCc2cc(S(=O)(=O)c3ccccc3F)ccc21. The molecule has 0 radical (unpaired) electrons. The van der Waals surface area contributed by atoms with Crippen LogP contribution < -0.4 is 5.73 Å². The zero-order chi connectivity index (χ0) is 15.7. The first-order chi connectivity index (χ1) is 10.5. The molecule has 0 amide bonds. The van der Waals surface area contributed by atoms with E-state index >= 15 is 0 Å². The summed E-state index contributed by atoms with van der Waals surface area (Å²) in [5.41, 5.74) is 7.92. The first kappa shape index (κ1) is 15.2. The fourth-order valence-corrected chi connectivity index (χ4v) is 4.47. The van der Waals surface area contributed by atoms with E-state index < -0.39 is 15.7 Å². The summed E-state index contributed by atoms with van der Waals surface area (Å²) < 4.78 is 39.1. The van der Waals surface area contributed by atoms with Gasteiger partial charge in [-0.3, -0.25) is 0 Å². The largest absolute Gasteiger partial charge is 0.330 e. The van der Waals surface area contributed by atoms with Crippen LogP contribution in [0.1, 0.15) is 29.9 Å². The van der Waals surface area contributed by atoms with Crippen molar-refractivity contribution >= 4 is 9.84 Å². The predicted molar refractivity (Wildman–Crippen MR) is 83.0 cm³/mol. The van der Waals surface area contributed by atoms with Crippen molar-refractivity contribution in [1.82, 2.24) is 0 Å². The average molecular weight is 319 g/mol. The smallest absolute Gasteiger partial charge is 0.209 e. The van der Waals surface area contributed by atoms with E-state index in [1.54, 1.807) is 12.1 Å². The molecule has 22 heavy (non-hydrogen) atoms. The second-order valence-electron chi connectivity index (χ2n) is 5.62. The maximum Gasteiger partial charge on any atom is 0.209 e. The molecular formula is C17H18FNO2S. The van der Waals surface area contributed by atoms with Crippen LogP contribution in [-0.2, 0) is 16.3 Å². The minimum Gasteiger partial charge on any atom is -0.330 e. The summed E-state index contributed by atoms with van der Waals surface area (Å²) in [6.07, 6.45) is 2.87. The third-order valence-electron chi connectivity index (χ3n) is 4.27. The molecule has 0 fully saturated rings. The Balaban J connectivity index is 2.08. The van der Waals surface area contributed by atoms with E-state index in [1.807, 2.05) is 6.07 Å². The third-order valence-corrected chi connectivity index (χ3v) is 6.06. The van der Waals surface area contributed by atoms with Crippen molar-refractivity contribution in [2.24, 2.45) is 5.73 Å². The minimum absolute atomic E-state index is 0.147. The molecule has 0 spiro atoms. The number of hydrogen-bond donors (Lipinski definition) is 1. The Morgan fingerprint density at radius 1 is 1.18 bits per heavy atom. The predicted octanol–water partition coefficient (Wildman–Crippen LogP) is 3.04. The lowest BCUT2D eigenvalue weighted by atomic mass is 9.83. The van der Waals surface area contributed by atoms with Gasteiger partial charge < -0.3 is 5.73 Å². The van der Waals surface area contributed by atoms with Crippen LogP contribution in [-0.4, -0.2) is 15.0 Å². The molecule has 0 bridgehead atoms. The van der Waals surface area contributed by atoms with Crippen molar-refractivity contribution in [3.8, 4) is 0 Å². The number of fused-ring (bicyclic) bond motifs is 1. The van der Waals surface area contributed by atoms with Gasteiger partial charge in [-0.1, -0.05) is 18.2 Å². The minimum atomic E-state index is -3.83. The molecule has 3 nitrogen and oxygen atoms in total. The standard InChI is InChI=1S/C17H18FNO2S/c18-16-6-1-2-7-17(16)22(20,21)14-8-9-15-12(10-14)4-3-5-13(15)11-19/h1-2,6-10,13H,3-5,11,19H2. The highest BCUT2D eigenvalue weighted by atomic mass is 32.2. The number of sulfone groups is 1. The maximum absolute atomic E-state index is 13.8. The summed E-state index contributed by atoms with van der Waals surface area (Å²) in [6, 6.07) is 10.5. The Kier molecular flexibility index (Phi) is 4.02. The Hall–Kier alpha value is -1.72. The van der Waals surface area contributed by atoms with Crippen LogP contribution in [0.3, 0.4) is 0 Å². The molecule has 0 heterocycles. The van der Waals surface area contributed by atoms with E-state index in [-0.39, 0.29) is 15.7 Å². The molecule has 2 aromatic rings. The van der Waals surface area contributed by atoms with E-state index in [2.05, 4.69) is 0 Å². The summed E-state index contributed by atoms with van der Waals surface area (Å²) in [6.45, 7) is 0.562. The molecule has 1 atom stereocenters. The first-order valence-electron chi connectivity index (χ1n) is 7.36. The molecule has 5 heteroatoms. The van der Waals surface area contributed by atoms with Crippen molar-refractivity contribution in [2.45, 2.75) is 35.0 Å². The Labute approximate surface area is 129 Å². The highest BCUT2D eigenvalue weighted by molar-refractivity contribution is 7.91. The van der Waals surface area contributed by atoms with E-state index in [4.69, 9.17) is 5.73 Å². The van der Waals surface area contributed by atoms with Gasteiger partial charge in [0, 0.05) is 0 Å². The van der Waals surface area contributed by atoms with Gasteiger partial charge in [0.15, 0.2) is 0 Å². The number of nitrogens with two attached hydrogens (primary N) is 1. The van der Waals surface area contributed by atoms with Crippen LogP contribution in [0.25, 0.3) is 0 Å². The Bertz CT molecular complexity index is 802. The maximum atomic E-state index is 13.8. The molecule has 1 aliphatic carbocycles. The van der Waals surface area contributed by atoms with E-state index in [0.717, 1.165) is 36.5 Å². The summed E-state index contributed by atoms with van der Waals surface area (Å²) in [4.78, 5) is -0.129.